The second-order valence-electron chi connectivity index (χ2n) is 6.83. The molecule has 0 heterocycles. The van der Waals surface area contributed by atoms with Crippen molar-refractivity contribution < 1.29 is 24.2 Å². The zero-order valence-electron chi connectivity index (χ0n) is 19.8. The van der Waals surface area contributed by atoms with Crippen molar-refractivity contribution in [3.05, 3.63) is 37.5 Å². The number of hydrogen-bond donors (Lipinski definition) is 3. The van der Waals surface area contributed by atoms with Gasteiger partial charge in [-0.15, -0.1) is 0 Å². The number of amides is 1. The second kappa shape index (κ2) is 27.6. The molecule has 0 unspecified atom stereocenters. The molecule has 0 aromatic carbocycles. The molecule has 7 heteroatoms. The van der Waals surface area contributed by atoms with E-state index in [0.29, 0.717) is 12.2 Å². The number of carbonyl (C=O) groups excluding carboxylic acids is 2. The van der Waals surface area contributed by atoms with Gasteiger partial charge in [0, 0.05) is 24.7 Å². The number of esters is 1. The summed E-state index contributed by atoms with van der Waals surface area (Å²) in [4.78, 5) is 30.8. The zero-order chi connectivity index (χ0) is 24.3. The number of rotatable bonds is 16. The molecule has 0 saturated carbocycles. The van der Waals surface area contributed by atoms with E-state index in [9.17, 15) is 14.4 Å². The molecule has 0 fully saturated rings. The molecule has 0 atom stereocenters. The van der Waals surface area contributed by atoms with Crippen molar-refractivity contribution >= 4 is 17.8 Å². The van der Waals surface area contributed by atoms with Crippen molar-refractivity contribution in [1.29, 1.82) is 0 Å². The lowest BCUT2D eigenvalue weighted by Crippen LogP contribution is -2.22. The summed E-state index contributed by atoms with van der Waals surface area (Å²) in [5, 5.41) is 13.5. The molecule has 0 aromatic rings. The Hall–Kier alpha value is -2.41. The van der Waals surface area contributed by atoms with Crippen LogP contribution < -0.4 is 10.6 Å². The van der Waals surface area contributed by atoms with E-state index in [1.54, 1.807) is 6.92 Å². The Kier molecular flexibility index (Phi) is 29.6. The molecule has 0 bridgehead atoms. The standard InChI is InChI=1S/C11H21NO.C10H19NO2.C3H4O2/c1-3-5-6-7-8-9-10-12-11(13)4-2;1-4-5-6-11-7-8-13-10(12)9(2)3;1-2-3(4)5/h4H,2-3,5-10H2,1H3,(H,12,13);11H,2,4-8H2,1,3H3;2H,1H2,(H,4,5). The molecular weight excluding hydrogens is 396 g/mol. The van der Waals surface area contributed by atoms with Gasteiger partial charge < -0.3 is 20.5 Å². The van der Waals surface area contributed by atoms with Crippen molar-refractivity contribution in [1.82, 2.24) is 10.6 Å². The monoisotopic (exact) mass is 440 g/mol. The molecule has 3 N–H and O–H groups in total. The number of ether oxygens (including phenoxy) is 1. The molecule has 180 valence electrons. The summed E-state index contributed by atoms with van der Waals surface area (Å²) in [7, 11) is 0. The predicted molar refractivity (Wildman–Crippen MR) is 128 cm³/mol. The Morgan fingerprint density at radius 1 is 0.871 bits per heavy atom. The van der Waals surface area contributed by atoms with Crippen LogP contribution in [0.2, 0.25) is 0 Å². The maximum absolute atomic E-state index is 10.9. The van der Waals surface area contributed by atoms with Crippen LogP contribution in [0.1, 0.15) is 72.1 Å². The summed E-state index contributed by atoms with van der Waals surface area (Å²) in [6, 6.07) is 0. The summed E-state index contributed by atoms with van der Waals surface area (Å²) in [6.07, 6.45) is 12.0. The first-order valence-electron chi connectivity index (χ1n) is 11.1. The third-order valence-corrected chi connectivity index (χ3v) is 3.76. The lowest BCUT2D eigenvalue weighted by Gasteiger charge is -2.05. The van der Waals surface area contributed by atoms with Crippen molar-refractivity contribution in [2.24, 2.45) is 0 Å². The van der Waals surface area contributed by atoms with Gasteiger partial charge in [-0.1, -0.05) is 72.1 Å². The van der Waals surface area contributed by atoms with Gasteiger partial charge in [0.2, 0.25) is 5.91 Å². The first-order valence-corrected chi connectivity index (χ1v) is 11.1. The lowest BCUT2D eigenvalue weighted by atomic mass is 10.1. The molecule has 0 spiro atoms. The van der Waals surface area contributed by atoms with Gasteiger partial charge in [-0.25, -0.2) is 9.59 Å². The molecule has 7 nitrogen and oxygen atoms in total. The molecule has 0 aliphatic carbocycles. The fourth-order valence-electron chi connectivity index (χ4n) is 1.95. The number of carbonyl (C=O) groups is 3. The van der Waals surface area contributed by atoms with Crippen LogP contribution in [-0.4, -0.2) is 49.2 Å². The van der Waals surface area contributed by atoms with Gasteiger partial charge in [-0.2, -0.15) is 0 Å². The molecule has 31 heavy (non-hydrogen) atoms. The highest BCUT2D eigenvalue weighted by atomic mass is 16.5. The van der Waals surface area contributed by atoms with Crippen LogP contribution in [0.3, 0.4) is 0 Å². The highest BCUT2D eigenvalue weighted by Crippen LogP contribution is 2.03. The Balaban J connectivity index is -0.000000416. The topological polar surface area (TPSA) is 105 Å². The van der Waals surface area contributed by atoms with E-state index in [1.807, 2.05) is 0 Å². The number of hydrogen-bond acceptors (Lipinski definition) is 5. The Morgan fingerprint density at radius 3 is 1.90 bits per heavy atom. The van der Waals surface area contributed by atoms with E-state index in [-0.39, 0.29) is 11.9 Å². The average Bonchev–Trinajstić information content (AvgIpc) is 2.75. The van der Waals surface area contributed by atoms with E-state index in [0.717, 1.165) is 38.6 Å². The average molecular weight is 441 g/mol. The quantitative estimate of drug-likeness (QED) is 0.187. The van der Waals surface area contributed by atoms with Crippen molar-refractivity contribution in [2.45, 2.75) is 72.1 Å². The van der Waals surface area contributed by atoms with Gasteiger partial charge >= 0.3 is 11.9 Å². The van der Waals surface area contributed by atoms with E-state index < -0.39 is 5.97 Å². The summed E-state index contributed by atoms with van der Waals surface area (Å²) in [5.41, 5.74) is 0.452. The molecule has 0 aliphatic heterocycles. The Morgan fingerprint density at radius 2 is 1.42 bits per heavy atom. The fraction of sp³-hybridized carbons (Fsp3) is 0.625. The smallest absolute Gasteiger partial charge is 0.333 e. The minimum Gasteiger partial charge on any atom is -0.478 e. The molecule has 0 radical (unpaired) electrons. The predicted octanol–water partition coefficient (Wildman–Crippen LogP) is 4.40. The van der Waals surface area contributed by atoms with Crippen LogP contribution in [0.25, 0.3) is 0 Å². The number of unbranched alkanes of at least 4 members (excludes halogenated alkanes) is 6. The first-order chi connectivity index (χ1) is 14.8. The van der Waals surface area contributed by atoms with Gasteiger partial charge in [0.15, 0.2) is 0 Å². The summed E-state index contributed by atoms with van der Waals surface area (Å²) < 4.78 is 4.88. The molecule has 0 aromatic heterocycles. The molecule has 0 saturated heterocycles. The Labute approximate surface area is 189 Å². The van der Waals surface area contributed by atoms with Crippen LogP contribution in [0.5, 0.6) is 0 Å². The maximum Gasteiger partial charge on any atom is 0.333 e. The first kappa shape index (κ1) is 33.2. The van der Waals surface area contributed by atoms with E-state index in [2.05, 4.69) is 44.2 Å². The van der Waals surface area contributed by atoms with Gasteiger partial charge in [-0.05, 0) is 32.4 Å². The number of carboxylic acid groups (broad SMARTS) is 1. The van der Waals surface area contributed by atoms with E-state index in [1.165, 1.54) is 44.6 Å². The normalized spacial score (nSPS) is 9.13. The maximum atomic E-state index is 10.9. The van der Waals surface area contributed by atoms with Crippen molar-refractivity contribution in [2.75, 3.05) is 26.2 Å². The van der Waals surface area contributed by atoms with Gasteiger partial charge in [0.1, 0.15) is 6.61 Å². The van der Waals surface area contributed by atoms with Crippen LogP contribution in [0.15, 0.2) is 37.5 Å². The van der Waals surface area contributed by atoms with Gasteiger partial charge in [0.25, 0.3) is 0 Å². The molecule has 1 amide bonds. The molecule has 0 aliphatic rings. The van der Waals surface area contributed by atoms with Gasteiger partial charge in [0.05, 0.1) is 0 Å². The highest BCUT2D eigenvalue weighted by Gasteiger charge is 2.00. The number of nitrogens with one attached hydrogen (secondary N) is 2. The third-order valence-electron chi connectivity index (χ3n) is 3.76. The minimum atomic E-state index is -0.981. The second-order valence-corrected chi connectivity index (χ2v) is 6.83. The van der Waals surface area contributed by atoms with Crippen LogP contribution in [0.4, 0.5) is 0 Å². The Bertz CT molecular complexity index is 502. The van der Waals surface area contributed by atoms with Crippen LogP contribution >= 0.6 is 0 Å². The van der Waals surface area contributed by atoms with Crippen molar-refractivity contribution in [3.8, 4) is 0 Å². The number of carboxylic acids is 1. The summed E-state index contributed by atoms with van der Waals surface area (Å²) in [5.74, 6) is -1.35. The molecular formula is C24H44N2O5. The number of aliphatic carboxylic acids is 1. The zero-order valence-corrected chi connectivity index (χ0v) is 19.8. The van der Waals surface area contributed by atoms with Crippen LogP contribution in [0, 0.1) is 0 Å². The summed E-state index contributed by atoms with van der Waals surface area (Å²) in [6.45, 7) is 18.8. The van der Waals surface area contributed by atoms with Crippen LogP contribution in [-0.2, 0) is 19.1 Å². The van der Waals surface area contributed by atoms with Crippen molar-refractivity contribution in [3.63, 3.8) is 0 Å². The molecule has 0 rings (SSSR count). The van der Waals surface area contributed by atoms with E-state index >= 15 is 0 Å². The SMILES string of the molecule is C=C(C)C(=O)OCCNCCCC.C=CC(=O)NCCCCCCCC.C=CC(=O)O. The fourth-order valence-corrected chi connectivity index (χ4v) is 1.95. The van der Waals surface area contributed by atoms with Gasteiger partial charge in [-0.3, -0.25) is 4.79 Å². The van der Waals surface area contributed by atoms with E-state index in [4.69, 9.17) is 9.84 Å². The lowest BCUT2D eigenvalue weighted by molar-refractivity contribution is -0.138. The summed E-state index contributed by atoms with van der Waals surface area (Å²) >= 11 is 0. The third kappa shape index (κ3) is 35.4. The largest absolute Gasteiger partial charge is 0.478 e. The highest BCUT2D eigenvalue weighted by molar-refractivity contribution is 5.87. The minimum absolute atomic E-state index is 0.0615.